The Morgan fingerprint density at radius 2 is 2.19 bits per heavy atom. The molecule has 0 unspecified atom stereocenters. The highest BCUT2D eigenvalue weighted by Gasteiger charge is 2.26. The number of hydrogen-bond donors (Lipinski definition) is 2. The number of amides is 1. The van der Waals surface area contributed by atoms with Crippen LogP contribution in [0.1, 0.15) is 24.6 Å². The number of quaternary nitrogens is 1. The van der Waals surface area contributed by atoms with Gasteiger partial charge in [0.1, 0.15) is 17.1 Å². The van der Waals surface area contributed by atoms with Crippen LogP contribution in [0, 0.1) is 5.82 Å². The average molecular weight is 358 g/mol. The molecular formula is C18H21FN5O2+. The lowest BCUT2D eigenvalue weighted by Gasteiger charge is -2.29. The molecule has 1 aromatic carbocycles. The van der Waals surface area contributed by atoms with E-state index >= 15 is 0 Å². The maximum atomic E-state index is 13.3. The maximum Gasteiger partial charge on any atom is 0.275 e. The fourth-order valence-electron chi connectivity index (χ4n) is 3.51. The summed E-state index contributed by atoms with van der Waals surface area (Å²) in [5.41, 5.74) is 1.44. The van der Waals surface area contributed by atoms with Gasteiger partial charge in [-0.2, -0.15) is 0 Å². The van der Waals surface area contributed by atoms with Crippen LogP contribution in [-0.2, 0) is 11.3 Å². The number of fused-ring (bicyclic) bond motifs is 1. The Morgan fingerprint density at radius 3 is 2.96 bits per heavy atom. The average Bonchev–Trinajstić information content (AvgIpc) is 3.30. The number of nitrogens with one attached hydrogen (secondary N) is 2. The number of carbonyl (C=O) groups is 1. The molecule has 0 aliphatic carbocycles. The van der Waals surface area contributed by atoms with Crippen LogP contribution < -0.4 is 10.2 Å². The van der Waals surface area contributed by atoms with Crippen molar-refractivity contribution < 1.29 is 18.5 Å². The molecule has 7 nitrogen and oxygen atoms in total. The normalized spacial score (nSPS) is 20.3. The number of carbonyl (C=O) groups excluding carboxylic acids is 1. The Hall–Kier alpha value is -2.74. The van der Waals surface area contributed by atoms with E-state index in [0.29, 0.717) is 18.6 Å². The number of piperidine rings is 1. The van der Waals surface area contributed by atoms with Gasteiger partial charge in [-0.15, -0.1) is 5.10 Å². The van der Waals surface area contributed by atoms with Crippen LogP contribution in [0.5, 0.6) is 0 Å². The molecule has 2 N–H and O–H groups in total. The van der Waals surface area contributed by atoms with Crippen molar-refractivity contribution in [2.45, 2.75) is 25.4 Å². The van der Waals surface area contributed by atoms with Gasteiger partial charge < -0.3 is 14.6 Å². The molecule has 0 bridgehead atoms. The lowest BCUT2D eigenvalue weighted by molar-refractivity contribution is -0.897. The molecule has 0 spiro atoms. The minimum absolute atomic E-state index is 0.0246. The predicted molar refractivity (Wildman–Crippen MR) is 91.9 cm³/mol. The zero-order valence-corrected chi connectivity index (χ0v) is 14.3. The first-order chi connectivity index (χ1) is 12.7. The van der Waals surface area contributed by atoms with Crippen molar-refractivity contribution in [1.29, 1.82) is 0 Å². The molecule has 1 aliphatic heterocycles. The third-order valence-electron chi connectivity index (χ3n) is 4.89. The molecule has 3 heterocycles. The Kier molecular flexibility index (Phi) is 4.66. The maximum absolute atomic E-state index is 13.3. The minimum Gasteiger partial charge on any atom is -0.467 e. The standard InChI is InChI=1S/C18H20FN5O2/c19-13-3-4-17-16(10-13)21-22-24(17)14-5-7-23(8-6-14)12-18(25)20-11-15-2-1-9-26-15/h1-4,9-10,14H,5-8,11-12H2,(H,20,25)/p+1. The highest BCUT2D eigenvalue weighted by Crippen LogP contribution is 2.22. The van der Waals surface area contributed by atoms with Gasteiger partial charge in [0.05, 0.1) is 37.5 Å². The molecule has 0 atom stereocenters. The van der Waals surface area contributed by atoms with E-state index < -0.39 is 0 Å². The van der Waals surface area contributed by atoms with E-state index in [1.54, 1.807) is 18.4 Å². The summed E-state index contributed by atoms with van der Waals surface area (Å²) >= 11 is 0. The van der Waals surface area contributed by atoms with Crippen molar-refractivity contribution in [3.05, 3.63) is 48.2 Å². The number of furan rings is 1. The Morgan fingerprint density at radius 1 is 1.35 bits per heavy atom. The van der Waals surface area contributed by atoms with Gasteiger partial charge in [0.15, 0.2) is 6.54 Å². The second-order valence-corrected chi connectivity index (χ2v) is 6.68. The van der Waals surface area contributed by atoms with Crippen LogP contribution in [0.25, 0.3) is 11.0 Å². The van der Waals surface area contributed by atoms with E-state index in [-0.39, 0.29) is 17.8 Å². The third kappa shape index (κ3) is 3.60. The van der Waals surface area contributed by atoms with E-state index in [1.807, 2.05) is 10.7 Å². The van der Waals surface area contributed by atoms with Crippen molar-refractivity contribution in [3.8, 4) is 0 Å². The highest BCUT2D eigenvalue weighted by atomic mass is 19.1. The van der Waals surface area contributed by atoms with Crippen LogP contribution in [0.2, 0.25) is 0 Å². The lowest BCUT2D eigenvalue weighted by atomic mass is 10.0. The van der Waals surface area contributed by atoms with Gasteiger partial charge in [-0.1, -0.05) is 5.21 Å². The molecule has 0 saturated carbocycles. The second-order valence-electron chi connectivity index (χ2n) is 6.68. The van der Waals surface area contributed by atoms with Crippen molar-refractivity contribution in [3.63, 3.8) is 0 Å². The summed E-state index contributed by atoms with van der Waals surface area (Å²) in [5, 5.41) is 11.2. The van der Waals surface area contributed by atoms with Crippen molar-refractivity contribution in [2.24, 2.45) is 0 Å². The number of rotatable bonds is 5. The minimum atomic E-state index is -0.302. The predicted octanol–water partition coefficient (Wildman–Crippen LogP) is 0.700. The largest absolute Gasteiger partial charge is 0.467 e. The van der Waals surface area contributed by atoms with Crippen LogP contribution in [0.4, 0.5) is 4.39 Å². The van der Waals surface area contributed by atoms with Crippen LogP contribution in [0.3, 0.4) is 0 Å². The van der Waals surface area contributed by atoms with E-state index in [2.05, 4.69) is 15.6 Å². The van der Waals surface area contributed by atoms with Crippen LogP contribution >= 0.6 is 0 Å². The summed E-state index contributed by atoms with van der Waals surface area (Å²) in [4.78, 5) is 13.3. The van der Waals surface area contributed by atoms with Gasteiger partial charge in [0.2, 0.25) is 0 Å². The summed E-state index contributed by atoms with van der Waals surface area (Å²) < 4.78 is 20.4. The Bertz CT molecular complexity index is 884. The zero-order valence-electron chi connectivity index (χ0n) is 14.3. The number of benzene rings is 1. The molecule has 2 aromatic heterocycles. The molecular weight excluding hydrogens is 337 g/mol. The van der Waals surface area contributed by atoms with Crippen molar-refractivity contribution in [1.82, 2.24) is 20.3 Å². The Labute approximate surface area is 149 Å². The number of hydrogen-bond acceptors (Lipinski definition) is 4. The molecule has 4 rings (SSSR count). The molecule has 0 radical (unpaired) electrons. The van der Waals surface area contributed by atoms with E-state index in [9.17, 15) is 9.18 Å². The summed E-state index contributed by atoms with van der Waals surface area (Å²) in [6.07, 6.45) is 3.42. The van der Waals surface area contributed by atoms with E-state index in [0.717, 1.165) is 37.2 Å². The Balaban J connectivity index is 1.30. The lowest BCUT2D eigenvalue weighted by Crippen LogP contribution is -3.14. The summed E-state index contributed by atoms with van der Waals surface area (Å²) in [5.74, 6) is 0.475. The molecule has 1 amide bonds. The summed E-state index contributed by atoms with van der Waals surface area (Å²) in [6.45, 7) is 2.66. The number of nitrogens with zero attached hydrogens (tertiary/aromatic N) is 3. The van der Waals surface area contributed by atoms with Gasteiger partial charge in [-0.3, -0.25) is 4.79 Å². The van der Waals surface area contributed by atoms with Gasteiger partial charge in [-0.25, -0.2) is 9.07 Å². The molecule has 1 saturated heterocycles. The van der Waals surface area contributed by atoms with Crippen molar-refractivity contribution >= 4 is 16.9 Å². The third-order valence-corrected chi connectivity index (χ3v) is 4.89. The molecule has 3 aromatic rings. The fraction of sp³-hybridized carbons (Fsp3) is 0.389. The first kappa shape index (κ1) is 16.7. The van der Waals surface area contributed by atoms with Crippen molar-refractivity contribution in [2.75, 3.05) is 19.6 Å². The highest BCUT2D eigenvalue weighted by molar-refractivity contribution is 5.76. The SMILES string of the molecule is O=C(C[NH+]1CCC(n2nnc3cc(F)ccc32)CC1)NCc1ccco1. The first-order valence-corrected chi connectivity index (χ1v) is 8.82. The molecule has 1 fully saturated rings. The van der Waals surface area contributed by atoms with E-state index in [4.69, 9.17) is 4.42 Å². The topological polar surface area (TPSA) is 77.4 Å². The van der Waals surface area contributed by atoms with Gasteiger partial charge in [-0.05, 0) is 24.3 Å². The quantitative estimate of drug-likeness (QED) is 0.704. The molecule has 26 heavy (non-hydrogen) atoms. The fourth-order valence-corrected chi connectivity index (χ4v) is 3.51. The van der Waals surface area contributed by atoms with Gasteiger partial charge in [0.25, 0.3) is 5.91 Å². The monoisotopic (exact) mass is 358 g/mol. The number of aromatic nitrogens is 3. The van der Waals surface area contributed by atoms with Crippen LogP contribution in [-0.4, -0.2) is 40.5 Å². The van der Waals surface area contributed by atoms with Crippen LogP contribution in [0.15, 0.2) is 41.0 Å². The molecule has 8 heteroatoms. The smallest absolute Gasteiger partial charge is 0.275 e. The van der Waals surface area contributed by atoms with Gasteiger partial charge in [0, 0.05) is 18.9 Å². The first-order valence-electron chi connectivity index (χ1n) is 8.82. The summed E-state index contributed by atoms with van der Waals surface area (Å²) in [6, 6.07) is 8.45. The number of halogens is 1. The molecule has 1 aliphatic rings. The van der Waals surface area contributed by atoms with Gasteiger partial charge >= 0.3 is 0 Å². The number of likely N-dealkylation sites (tertiary alicyclic amines) is 1. The zero-order chi connectivity index (χ0) is 17.9. The van der Waals surface area contributed by atoms with E-state index in [1.165, 1.54) is 17.0 Å². The second kappa shape index (κ2) is 7.25. The molecule has 136 valence electrons. The summed E-state index contributed by atoms with van der Waals surface area (Å²) in [7, 11) is 0.